The van der Waals surface area contributed by atoms with E-state index in [4.69, 9.17) is 32.9 Å². The van der Waals surface area contributed by atoms with Gasteiger partial charge in [0.05, 0.1) is 23.8 Å². The number of benzene rings is 3. The first-order valence-corrected chi connectivity index (χ1v) is 11.9. The highest BCUT2D eigenvalue weighted by atomic mass is 35.5. The lowest BCUT2D eigenvalue weighted by atomic mass is 9.94. The minimum atomic E-state index is -4.59. The lowest BCUT2D eigenvalue weighted by Crippen LogP contribution is -2.37. The summed E-state index contributed by atoms with van der Waals surface area (Å²) < 4.78 is 45.5. The molecule has 0 fully saturated rings. The maximum absolute atomic E-state index is 13.3. The molecule has 196 valence electrons. The smallest absolute Gasteiger partial charge is 0.416 e. The van der Waals surface area contributed by atoms with Gasteiger partial charge in [0.15, 0.2) is 0 Å². The van der Waals surface area contributed by atoms with E-state index in [1.54, 1.807) is 55.5 Å². The van der Waals surface area contributed by atoms with Gasteiger partial charge in [-0.3, -0.25) is 9.89 Å². The average molecular weight is 554 g/mol. The fraction of sp³-hybridized carbons (Fsp3) is 0.231. The van der Waals surface area contributed by atoms with Crippen LogP contribution in [0.2, 0.25) is 10.0 Å². The van der Waals surface area contributed by atoms with Crippen LogP contribution in [-0.4, -0.2) is 35.6 Å². The quantitative estimate of drug-likeness (QED) is 0.349. The van der Waals surface area contributed by atoms with E-state index in [2.05, 4.69) is 5.73 Å². The summed E-state index contributed by atoms with van der Waals surface area (Å²) in [6.45, 7) is 1.71. The lowest BCUT2D eigenvalue weighted by molar-refractivity contribution is -0.137. The molecular formula is C26H24Cl2F3N3O3. The molecule has 0 saturated heterocycles. The van der Waals surface area contributed by atoms with Gasteiger partial charge in [-0.05, 0) is 67.6 Å². The summed E-state index contributed by atoms with van der Waals surface area (Å²) in [7, 11) is 1.50. The predicted octanol–water partition coefficient (Wildman–Crippen LogP) is 7.21. The zero-order valence-electron chi connectivity index (χ0n) is 19.8. The van der Waals surface area contributed by atoms with Gasteiger partial charge >= 0.3 is 12.3 Å². The molecule has 1 aliphatic rings. The Labute approximate surface area is 222 Å². The average Bonchev–Trinajstić information content (AvgIpc) is 3.26. The second kappa shape index (κ2) is 11.9. The van der Waals surface area contributed by atoms with Crippen LogP contribution in [0, 0.1) is 0 Å². The Morgan fingerprint density at radius 3 is 2.03 bits per heavy atom. The summed E-state index contributed by atoms with van der Waals surface area (Å²) in [4.78, 5) is 18.3. The highest BCUT2D eigenvalue weighted by molar-refractivity contribution is 6.30. The molecule has 0 aromatic heterocycles. The molecule has 0 spiro atoms. The van der Waals surface area contributed by atoms with Crippen molar-refractivity contribution in [3.8, 4) is 5.75 Å². The molecule has 3 aromatic rings. The number of amides is 1. The second-order valence-corrected chi connectivity index (χ2v) is 8.61. The Bertz CT molecular complexity index is 1270. The van der Waals surface area contributed by atoms with Crippen LogP contribution in [0.5, 0.6) is 5.75 Å². The summed E-state index contributed by atoms with van der Waals surface area (Å²) in [5, 5.41) is 11.2. The third-order valence-corrected chi connectivity index (χ3v) is 6.05. The van der Waals surface area contributed by atoms with Gasteiger partial charge in [-0.15, -0.1) is 0 Å². The van der Waals surface area contributed by atoms with E-state index in [0.717, 1.165) is 17.0 Å². The van der Waals surface area contributed by atoms with E-state index in [9.17, 15) is 23.1 Å². The summed E-state index contributed by atoms with van der Waals surface area (Å²) in [6, 6.07) is 14.9. The summed E-state index contributed by atoms with van der Waals surface area (Å²) in [6.07, 6.45) is -5.91. The van der Waals surface area contributed by atoms with E-state index < -0.39 is 29.9 Å². The molecule has 37 heavy (non-hydrogen) atoms. The van der Waals surface area contributed by atoms with Crippen LogP contribution >= 0.6 is 23.2 Å². The van der Waals surface area contributed by atoms with Gasteiger partial charge in [-0.1, -0.05) is 47.5 Å². The van der Waals surface area contributed by atoms with Gasteiger partial charge < -0.3 is 15.6 Å². The zero-order chi connectivity index (χ0) is 27.3. The van der Waals surface area contributed by atoms with E-state index in [1.807, 2.05) is 0 Å². The van der Waals surface area contributed by atoms with E-state index in [1.165, 1.54) is 13.1 Å². The highest BCUT2D eigenvalue weighted by Gasteiger charge is 2.43. The minimum Gasteiger partial charge on any atom is -0.493 e. The van der Waals surface area contributed by atoms with Crippen LogP contribution in [-0.2, 0) is 6.18 Å². The lowest BCUT2D eigenvalue weighted by Gasteiger charge is -2.27. The molecule has 3 N–H and O–H groups in total. The number of halogens is 5. The number of alkyl halides is 3. The number of nitrogens with zero attached hydrogens (tertiary/aromatic N) is 2. The number of carboxylic acid groups (broad SMARTS) is 1. The van der Waals surface area contributed by atoms with Crippen molar-refractivity contribution < 1.29 is 27.8 Å². The molecule has 6 nitrogen and oxygen atoms in total. The Morgan fingerprint density at radius 2 is 1.54 bits per heavy atom. The molecule has 0 bridgehead atoms. The van der Waals surface area contributed by atoms with E-state index in [-0.39, 0.29) is 23.8 Å². The van der Waals surface area contributed by atoms with Gasteiger partial charge in [0, 0.05) is 10.0 Å². The third kappa shape index (κ3) is 6.18. The van der Waals surface area contributed by atoms with Crippen molar-refractivity contribution in [2.45, 2.75) is 25.2 Å². The number of nitrogens with two attached hydrogens (primary N) is 1. The largest absolute Gasteiger partial charge is 0.493 e. The topological polar surface area (TPSA) is 88.1 Å². The standard InChI is InChI=1S/C25H19Cl2F3N2O3.CH5N/c1-2-35-20-13-16(25(28,29)30)7-12-19(20)23-31-21(14-3-8-17(26)9-4-14)22(32(23)24(33)34)15-5-10-18(27)11-6-15;1-2/h3-13,21-22H,2H2,1H3,(H,33,34);2H2,1H3. The van der Waals surface area contributed by atoms with Crippen molar-refractivity contribution in [2.24, 2.45) is 10.7 Å². The number of carbonyl (C=O) groups is 1. The number of amidine groups is 1. The first-order valence-electron chi connectivity index (χ1n) is 11.1. The highest BCUT2D eigenvalue weighted by Crippen LogP contribution is 2.45. The Balaban J connectivity index is 0.00000186. The number of hydrogen-bond acceptors (Lipinski definition) is 4. The molecule has 3 aromatic carbocycles. The van der Waals surface area contributed by atoms with Crippen LogP contribution in [0.1, 0.15) is 41.3 Å². The molecule has 4 rings (SSSR count). The minimum absolute atomic E-state index is 0.0189. The monoisotopic (exact) mass is 553 g/mol. The van der Waals surface area contributed by atoms with E-state index >= 15 is 0 Å². The Kier molecular flexibility index (Phi) is 9.07. The van der Waals surface area contributed by atoms with Crippen LogP contribution in [0.4, 0.5) is 18.0 Å². The first-order chi connectivity index (χ1) is 17.6. The van der Waals surface area contributed by atoms with Gasteiger partial charge in [0.25, 0.3) is 0 Å². The predicted molar refractivity (Wildman–Crippen MR) is 138 cm³/mol. The Hall–Kier alpha value is -3.27. The molecule has 1 amide bonds. The summed E-state index contributed by atoms with van der Waals surface area (Å²) >= 11 is 12.1. The fourth-order valence-corrected chi connectivity index (χ4v) is 4.26. The number of aliphatic imine (C=N–C) groups is 1. The van der Waals surface area contributed by atoms with Crippen molar-refractivity contribution in [1.82, 2.24) is 4.90 Å². The van der Waals surface area contributed by atoms with Gasteiger partial charge in [-0.2, -0.15) is 13.2 Å². The van der Waals surface area contributed by atoms with Crippen molar-refractivity contribution >= 4 is 35.1 Å². The number of rotatable bonds is 5. The van der Waals surface area contributed by atoms with Crippen molar-refractivity contribution in [3.63, 3.8) is 0 Å². The molecule has 0 saturated carbocycles. The van der Waals surface area contributed by atoms with Crippen molar-refractivity contribution in [3.05, 3.63) is 99.0 Å². The summed E-state index contributed by atoms with van der Waals surface area (Å²) in [5.41, 5.74) is 5.02. The van der Waals surface area contributed by atoms with Gasteiger partial charge in [0.1, 0.15) is 17.6 Å². The fourth-order valence-electron chi connectivity index (χ4n) is 4.01. The second-order valence-electron chi connectivity index (χ2n) is 7.74. The van der Waals surface area contributed by atoms with Crippen molar-refractivity contribution in [1.29, 1.82) is 0 Å². The maximum Gasteiger partial charge on any atom is 0.416 e. The SMILES string of the molecule is CCOc1cc(C(F)(F)F)ccc1C1=NC(c2ccc(Cl)cc2)C(c2ccc(Cl)cc2)N1C(=O)O.CN. The molecule has 2 unspecified atom stereocenters. The van der Waals surface area contributed by atoms with E-state index in [0.29, 0.717) is 21.2 Å². The maximum atomic E-state index is 13.3. The third-order valence-electron chi connectivity index (χ3n) is 5.55. The molecule has 1 heterocycles. The first kappa shape index (κ1) is 28.3. The molecule has 11 heteroatoms. The normalized spacial score (nSPS) is 17.1. The van der Waals surface area contributed by atoms with Crippen LogP contribution in [0.3, 0.4) is 0 Å². The number of ether oxygens (including phenoxy) is 1. The molecule has 0 aliphatic carbocycles. The Morgan fingerprint density at radius 1 is 1.00 bits per heavy atom. The van der Waals surface area contributed by atoms with Gasteiger partial charge in [0.2, 0.25) is 0 Å². The molecule has 0 radical (unpaired) electrons. The molecular weight excluding hydrogens is 530 g/mol. The zero-order valence-corrected chi connectivity index (χ0v) is 21.3. The van der Waals surface area contributed by atoms with Crippen LogP contribution < -0.4 is 10.5 Å². The van der Waals surface area contributed by atoms with Crippen molar-refractivity contribution in [2.75, 3.05) is 13.7 Å². The number of hydrogen-bond donors (Lipinski definition) is 2. The molecule has 2 atom stereocenters. The summed E-state index contributed by atoms with van der Waals surface area (Å²) in [5.74, 6) is -0.131. The van der Waals surface area contributed by atoms with Crippen LogP contribution in [0.25, 0.3) is 0 Å². The van der Waals surface area contributed by atoms with Crippen LogP contribution in [0.15, 0.2) is 71.7 Å². The molecule has 1 aliphatic heterocycles. The van der Waals surface area contributed by atoms with Gasteiger partial charge in [-0.25, -0.2) is 4.79 Å².